The van der Waals surface area contributed by atoms with E-state index in [4.69, 9.17) is 0 Å². The lowest BCUT2D eigenvalue weighted by Gasteiger charge is -2.10. The minimum absolute atomic E-state index is 0.200. The largest absolute Gasteiger partial charge is 0.464 e. The highest BCUT2D eigenvalue weighted by Crippen LogP contribution is 2.40. The van der Waals surface area contributed by atoms with Gasteiger partial charge in [0.05, 0.1) is 7.11 Å². The van der Waals surface area contributed by atoms with Crippen LogP contribution in [0.1, 0.15) is 16.1 Å². The number of carbonyl (C=O) groups excluding carboxylic acids is 1. The summed E-state index contributed by atoms with van der Waals surface area (Å²) in [5.74, 6) is -1.10. The van der Waals surface area contributed by atoms with Crippen LogP contribution in [0.2, 0.25) is 0 Å². The molecule has 0 spiro atoms. The number of fused-ring (bicyclic) bond motifs is 1. The first-order valence-corrected chi connectivity index (χ1v) is 6.90. The van der Waals surface area contributed by atoms with Crippen molar-refractivity contribution in [3.8, 4) is 11.3 Å². The van der Waals surface area contributed by atoms with Gasteiger partial charge in [0.25, 0.3) is 0 Å². The second-order valence-electron chi connectivity index (χ2n) is 5.09. The summed E-state index contributed by atoms with van der Waals surface area (Å²) in [6.07, 6.45) is -1.92. The predicted molar refractivity (Wildman–Crippen MR) is 80.3 cm³/mol. The zero-order valence-corrected chi connectivity index (χ0v) is 12.8. The SMILES string of the molecule is COC(=O)c1c(C(F)(F)F)c(-c2cncc3ccccc23)nn1C. The van der Waals surface area contributed by atoms with Gasteiger partial charge in [0.2, 0.25) is 0 Å². The van der Waals surface area contributed by atoms with Crippen LogP contribution in [0.5, 0.6) is 0 Å². The monoisotopic (exact) mass is 335 g/mol. The molecular formula is C16H12F3N3O2. The Morgan fingerprint density at radius 1 is 1.21 bits per heavy atom. The average Bonchev–Trinajstić information content (AvgIpc) is 2.91. The number of nitrogens with zero attached hydrogens (tertiary/aromatic N) is 3. The molecule has 2 aromatic heterocycles. The molecule has 8 heteroatoms. The fourth-order valence-electron chi connectivity index (χ4n) is 2.62. The van der Waals surface area contributed by atoms with Crippen molar-refractivity contribution in [2.75, 3.05) is 7.11 Å². The molecule has 0 radical (unpaired) electrons. The number of rotatable bonds is 2. The first-order valence-electron chi connectivity index (χ1n) is 6.90. The van der Waals surface area contributed by atoms with Crippen LogP contribution in [0.3, 0.4) is 0 Å². The van der Waals surface area contributed by atoms with Crippen LogP contribution in [-0.4, -0.2) is 27.8 Å². The molecule has 3 rings (SSSR count). The van der Waals surface area contributed by atoms with E-state index in [1.165, 1.54) is 13.2 Å². The number of halogens is 3. The van der Waals surface area contributed by atoms with Gasteiger partial charge in [0, 0.05) is 30.4 Å². The first-order chi connectivity index (χ1) is 11.3. The Morgan fingerprint density at radius 2 is 1.92 bits per heavy atom. The highest BCUT2D eigenvalue weighted by molar-refractivity contribution is 5.98. The van der Waals surface area contributed by atoms with E-state index in [-0.39, 0.29) is 11.3 Å². The number of methoxy groups -OCH3 is 1. The molecule has 0 bridgehead atoms. The smallest absolute Gasteiger partial charge is 0.420 e. The fourth-order valence-corrected chi connectivity index (χ4v) is 2.62. The first kappa shape index (κ1) is 16.0. The van der Waals surface area contributed by atoms with Crippen LogP contribution in [0.15, 0.2) is 36.7 Å². The summed E-state index contributed by atoms with van der Waals surface area (Å²) < 4.78 is 46.2. The maximum atomic E-state index is 13.6. The number of alkyl halides is 3. The quantitative estimate of drug-likeness (QED) is 0.673. The third kappa shape index (κ3) is 2.49. The van der Waals surface area contributed by atoms with Crippen LogP contribution in [0.4, 0.5) is 13.2 Å². The molecule has 0 unspecified atom stereocenters. The summed E-state index contributed by atoms with van der Waals surface area (Å²) in [6.45, 7) is 0. The van der Waals surface area contributed by atoms with Gasteiger partial charge in [-0.05, 0) is 5.39 Å². The molecule has 0 aliphatic rings. The standard InChI is InChI=1S/C16H12F3N3O2/c1-22-14(15(23)24-2)12(16(17,18)19)13(21-22)11-8-20-7-9-5-3-4-6-10(9)11/h3-8H,1-2H3. The summed E-state index contributed by atoms with van der Waals surface area (Å²) in [6, 6.07) is 6.89. The van der Waals surface area contributed by atoms with Crippen molar-refractivity contribution in [1.82, 2.24) is 14.8 Å². The Kier molecular flexibility index (Phi) is 3.75. The lowest BCUT2D eigenvalue weighted by Crippen LogP contribution is -2.16. The lowest BCUT2D eigenvalue weighted by atomic mass is 10.0. The van der Waals surface area contributed by atoms with Gasteiger partial charge < -0.3 is 4.74 Å². The molecule has 0 N–H and O–H groups in total. The third-order valence-corrected chi connectivity index (χ3v) is 3.63. The van der Waals surface area contributed by atoms with Crippen LogP contribution in [0.25, 0.3) is 22.0 Å². The van der Waals surface area contributed by atoms with E-state index in [0.29, 0.717) is 10.8 Å². The number of esters is 1. The van der Waals surface area contributed by atoms with Crippen molar-refractivity contribution in [2.45, 2.75) is 6.18 Å². The Balaban J connectivity index is 2.38. The number of pyridine rings is 1. The van der Waals surface area contributed by atoms with Crippen molar-refractivity contribution in [2.24, 2.45) is 7.05 Å². The zero-order valence-electron chi connectivity index (χ0n) is 12.8. The van der Waals surface area contributed by atoms with Crippen molar-refractivity contribution in [1.29, 1.82) is 0 Å². The van der Waals surface area contributed by atoms with E-state index >= 15 is 0 Å². The number of hydrogen-bond donors (Lipinski definition) is 0. The number of hydrogen-bond acceptors (Lipinski definition) is 4. The summed E-state index contributed by atoms with van der Waals surface area (Å²) in [7, 11) is 2.29. The molecule has 24 heavy (non-hydrogen) atoms. The van der Waals surface area contributed by atoms with E-state index in [2.05, 4.69) is 14.8 Å². The molecular weight excluding hydrogens is 323 g/mol. The average molecular weight is 335 g/mol. The molecule has 0 fully saturated rings. The molecule has 5 nitrogen and oxygen atoms in total. The molecule has 0 amide bonds. The summed E-state index contributed by atoms with van der Waals surface area (Å²) in [5, 5.41) is 5.16. The minimum Gasteiger partial charge on any atom is -0.464 e. The van der Waals surface area contributed by atoms with Crippen molar-refractivity contribution < 1.29 is 22.7 Å². The molecule has 124 valence electrons. The van der Waals surface area contributed by atoms with E-state index in [1.54, 1.807) is 30.5 Å². The number of aryl methyl sites for hydroxylation is 1. The third-order valence-electron chi connectivity index (χ3n) is 3.63. The van der Waals surface area contributed by atoms with Crippen molar-refractivity contribution >= 4 is 16.7 Å². The van der Waals surface area contributed by atoms with Crippen molar-refractivity contribution in [3.05, 3.63) is 47.9 Å². The highest BCUT2D eigenvalue weighted by atomic mass is 19.4. The second kappa shape index (κ2) is 5.63. The molecule has 0 saturated carbocycles. The maximum Gasteiger partial charge on any atom is 0.420 e. The normalized spacial score (nSPS) is 11.7. The predicted octanol–water partition coefficient (Wildman–Crippen LogP) is 3.44. The number of aromatic nitrogens is 3. The lowest BCUT2D eigenvalue weighted by molar-refractivity contribution is -0.137. The molecule has 0 atom stereocenters. The molecule has 0 aliphatic heterocycles. The molecule has 0 aliphatic carbocycles. The van der Waals surface area contributed by atoms with Gasteiger partial charge >= 0.3 is 12.1 Å². The van der Waals surface area contributed by atoms with E-state index in [0.717, 1.165) is 11.8 Å². The maximum absolute atomic E-state index is 13.6. The Bertz CT molecular complexity index is 927. The Morgan fingerprint density at radius 3 is 2.58 bits per heavy atom. The summed E-state index contributed by atoms with van der Waals surface area (Å²) >= 11 is 0. The highest BCUT2D eigenvalue weighted by Gasteiger charge is 2.42. The van der Waals surface area contributed by atoms with Crippen LogP contribution in [-0.2, 0) is 18.0 Å². The van der Waals surface area contributed by atoms with Gasteiger partial charge in [-0.15, -0.1) is 0 Å². The van der Waals surface area contributed by atoms with Crippen LogP contribution < -0.4 is 0 Å². The van der Waals surface area contributed by atoms with Gasteiger partial charge in [-0.25, -0.2) is 4.79 Å². The van der Waals surface area contributed by atoms with Gasteiger partial charge in [0.1, 0.15) is 11.3 Å². The Hall–Kier alpha value is -2.90. The van der Waals surface area contributed by atoms with Gasteiger partial charge in [0.15, 0.2) is 5.69 Å². The molecule has 3 aromatic rings. The molecule has 1 aromatic carbocycles. The van der Waals surface area contributed by atoms with E-state index < -0.39 is 23.4 Å². The van der Waals surface area contributed by atoms with Gasteiger partial charge in [-0.3, -0.25) is 9.67 Å². The zero-order chi connectivity index (χ0) is 17.5. The number of benzene rings is 1. The fraction of sp³-hybridized carbons (Fsp3) is 0.188. The van der Waals surface area contributed by atoms with E-state index in [1.807, 2.05) is 0 Å². The van der Waals surface area contributed by atoms with Crippen LogP contribution in [0, 0.1) is 0 Å². The topological polar surface area (TPSA) is 57.0 Å². The number of carbonyl (C=O) groups is 1. The molecule has 0 saturated heterocycles. The summed E-state index contributed by atoms with van der Waals surface area (Å²) in [5.41, 5.74) is -1.93. The van der Waals surface area contributed by atoms with Gasteiger partial charge in [-0.2, -0.15) is 18.3 Å². The Labute approximate surface area is 134 Å². The molecule has 2 heterocycles. The summed E-state index contributed by atoms with van der Waals surface area (Å²) in [4.78, 5) is 15.8. The minimum atomic E-state index is -4.77. The number of ether oxygens (including phenoxy) is 1. The van der Waals surface area contributed by atoms with Crippen molar-refractivity contribution in [3.63, 3.8) is 0 Å². The van der Waals surface area contributed by atoms with E-state index in [9.17, 15) is 18.0 Å². The van der Waals surface area contributed by atoms with Gasteiger partial charge in [-0.1, -0.05) is 24.3 Å². The second-order valence-corrected chi connectivity index (χ2v) is 5.09. The van der Waals surface area contributed by atoms with Crippen LogP contribution >= 0.6 is 0 Å².